The van der Waals surface area contributed by atoms with E-state index in [0.29, 0.717) is 0 Å². The van der Waals surface area contributed by atoms with Crippen LogP contribution in [0.4, 0.5) is 0 Å². The Morgan fingerprint density at radius 1 is 1.86 bits per heavy atom. The number of aliphatic hydroxyl groups excluding tert-OH is 1. The molecule has 0 radical (unpaired) electrons. The van der Waals surface area contributed by atoms with E-state index in [2.05, 4.69) is 12.4 Å². The molecule has 0 bridgehead atoms. The van der Waals surface area contributed by atoms with Crippen LogP contribution in [0.5, 0.6) is 0 Å². The van der Waals surface area contributed by atoms with Crippen molar-refractivity contribution in [1.82, 2.24) is 5.43 Å². The quantitative estimate of drug-likeness (QED) is 0.131. The Hall–Kier alpha value is -1.03. The van der Waals surface area contributed by atoms with Crippen molar-refractivity contribution in [1.29, 1.82) is 0 Å². The third kappa shape index (κ3) is 1.77. The maximum absolute atomic E-state index is 9.93. The summed E-state index contributed by atoms with van der Waals surface area (Å²) in [5.41, 5.74) is 1.68. The highest BCUT2D eigenvalue weighted by Crippen LogP contribution is 1.75. The SMILES string of the molecule is C=C(O)C(=O)NN. The van der Waals surface area contributed by atoms with Crippen LogP contribution in [0.15, 0.2) is 12.3 Å². The molecule has 0 aromatic carbocycles. The Morgan fingerprint density at radius 2 is 2.29 bits per heavy atom. The lowest BCUT2D eigenvalue weighted by Crippen LogP contribution is -2.30. The second-order valence-corrected chi connectivity index (χ2v) is 0.920. The minimum Gasteiger partial charge on any atom is -0.503 e. The molecule has 0 aliphatic heterocycles. The van der Waals surface area contributed by atoms with Gasteiger partial charge >= 0.3 is 0 Å². The van der Waals surface area contributed by atoms with E-state index < -0.39 is 11.7 Å². The van der Waals surface area contributed by atoms with Crippen molar-refractivity contribution in [2.75, 3.05) is 0 Å². The highest BCUT2D eigenvalue weighted by Gasteiger charge is 1.96. The number of aliphatic hydroxyl groups is 1. The van der Waals surface area contributed by atoms with E-state index in [-0.39, 0.29) is 0 Å². The maximum Gasteiger partial charge on any atom is 0.299 e. The zero-order valence-corrected chi connectivity index (χ0v) is 3.64. The minimum absolute atomic E-state index is 0.581. The predicted octanol–water partition coefficient (Wildman–Crippen LogP) is -0.952. The lowest BCUT2D eigenvalue weighted by Gasteiger charge is -1.90. The molecule has 0 saturated heterocycles. The van der Waals surface area contributed by atoms with Crippen molar-refractivity contribution in [2.24, 2.45) is 5.84 Å². The first-order valence-corrected chi connectivity index (χ1v) is 1.57. The molecule has 0 fully saturated rings. The number of hydrazine groups is 1. The summed E-state index contributed by atoms with van der Waals surface area (Å²) in [5, 5.41) is 8.13. The Balaban J connectivity index is 3.58. The van der Waals surface area contributed by atoms with Crippen molar-refractivity contribution >= 4 is 5.91 Å². The fraction of sp³-hybridized carbons (Fsp3) is 0. The summed E-state index contributed by atoms with van der Waals surface area (Å²) in [6.45, 7) is 2.89. The standard InChI is InChI=1S/C3H6N2O2/c1-2(6)3(7)5-4/h6H,1,4H2,(H,5,7). The highest BCUT2D eigenvalue weighted by molar-refractivity contribution is 5.89. The summed E-state index contributed by atoms with van der Waals surface area (Å²) < 4.78 is 0. The Bertz CT molecular complexity index is 99.1. The molecule has 1 amide bonds. The third-order valence-electron chi connectivity index (χ3n) is 0.393. The van der Waals surface area contributed by atoms with Crippen LogP contribution < -0.4 is 11.3 Å². The number of hydrogen-bond acceptors (Lipinski definition) is 3. The molecule has 0 atom stereocenters. The lowest BCUT2D eigenvalue weighted by atomic mass is 10.5. The Morgan fingerprint density at radius 3 is 2.29 bits per heavy atom. The number of rotatable bonds is 1. The molecule has 4 heteroatoms. The Kier molecular flexibility index (Phi) is 1.87. The molecule has 0 aliphatic rings. The predicted molar refractivity (Wildman–Crippen MR) is 24.1 cm³/mol. The Labute approximate surface area is 40.6 Å². The fourth-order valence-electron chi connectivity index (χ4n) is 0.0833. The highest BCUT2D eigenvalue weighted by atomic mass is 16.3. The lowest BCUT2D eigenvalue weighted by molar-refractivity contribution is -0.119. The van der Waals surface area contributed by atoms with E-state index in [4.69, 9.17) is 5.11 Å². The second-order valence-electron chi connectivity index (χ2n) is 0.920. The van der Waals surface area contributed by atoms with Gasteiger partial charge in [-0.25, -0.2) is 5.84 Å². The summed E-state index contributed by atoms with van der Waals surface area (Å²) >= 11 is 0. The van der Waals surface area contributed by atoms with Gasteiger partial charge in [-0.1, -0.05) is 6.58 Å². The van der Waals surface area contributed by atoms with Crippen molar-refractivity contribution < 1.29 is 9.90 Å². The van der Waals surface area contributed by atoms with Crippen molar-refractivity contribution in [2.45, 2.75) is 0 Å². The van der Waals surface area contributed by atoms with E-state index >= 15 is 0 Å². The smallest absolute Gasteiger partial charge is 0.299 e. The van der Waals surface area contributed by atoms with Crippen LogP contribution in [0.3, 0.4) is 0 Å². The van der Waals surface area contributed by atoms with Gasteiger partial charge < -0.3 is 5.11 Å². The van der Waals surface area contributed by atoms with Crippen LogP contribution in [-0.4, -0.2) is 11.0 Å². The molecule has 7 heavy (non-hydrogen) atoms. The van der Waals surface area contributed by atoms with Crippen molar-refractivity contribution in [3.63, 3.8) is 0 Å². The summed E-state index contributed by atoms with van der Waals surface area (Å²) in [4.78, 5) is 9.93. The summed E-state index contributed by atoms with van der Waals surface area (Å²) in [7, 11) is 0. The van der Waals surface area contributed by atoms with Crippen LogP contribution >= 0.6 is 0 Å². The van der Waals surface area contributed by atoms with Crippen LogP contribution in [0.1, 0.15) is 0 Å². The fourth-order valence-corrected chi connectivity index (χ4v) is 0.0833. The number of nitrogens with two attached hydrogens (primary N) is 1. The minimum atomic E-state index is -0.764. The van der Waals surface area contributed by atoms with Gasteiger partial charge in [0.2, 0.25) is 0 Å². The summed E-state index contributed by atoms with van der Waals surface area (Å²) in [6, 6.07) is 0. The van der Waals surface area contributed by atoms with Gasteiger partial charge in [0.25, 0.3) is 5.91 Å². The molecule has 0 aliphatic carbocycles. The molecule has 0 unspecified atom stereocenters. The largest absolute Gasteiger partial charge is 0.503 e. The molecular weight excluding hydrogens is 96.0 g/mol. The first-order chi connectivity index (χ1) is 3.18. The van der Waals surface area contributed by atoms with Gasteiger partial charge in [0.1, 0.15) is 0 Å². The van der Waals surface area contributed by atoms with Gasteiger partial charge in [-0.15, -0.1) is 0 Å². The number of carbonyl (C=O) groups excluding carboxylic acids is 1. The van der Waals surface area contributed by atoms with Gasteiger partial charge in [-0.05, 0) is 0 Å². The first kappa shape index (κ1) is 5.97. The normalized spacial score (nSPS) is 7.57. The van der Waals surface area contributed by atoms with Crippen LogP contribution in [0, 0.1) is 0 Å². The average molecular weight is 102 g/mol. The number of amides is 1. The second kappa shape index (κ2) is 2.20. The average Bonchev–Trinajstić information content (AvgIpc) is 1.65. The zero-order valence-electron chi connectivity index (χ0n) is 3.64. The third-order valence-corrected chi connectivity index (χ3v) is 0.393. The van der Waals surface area contributed by atoms with E-state index in [9.17, 15) is 4.79 Å². The molecule has 40 valence electrons. The van der Waals surface area contributed by atoms with Gasteiger partial charge in [0.15, 0.2) is 5.76 Å². The summed E-state index contributed by atoms with van der Waals surface area (Å²) in [5.74, 6) is 3.21. The molecule has 0 spiro atoms. The van der Waals surface area contributed by atoms with Gasteiger partial charge in [0, 0.05) is 0 Å². The topological polar surface area (TPSA) is 75.3 Å². The molecule has 4 nitrogen and oxygen atoms in total. The number of hydrogen-bond donors (Lipinski definition) is 3. The van der Waals surface area contributed by atoms with Crippen LogP contribution in [0.2, 0.25) is 0 Å². The number of carbonyl (C=O) groups is 1. The van der Waals surface area contributed by atoms with Crippen molar-refractivity contribution in [3.8, 4) is 0 Å². The molecule has 0 saturated carbocycles. The van der Waals surface area contributed by atoms with E-state index in [0.717, 1.165) is 0 Å². The number of nitrogens with one attached hydrogen (secondary N) is 1. The van der Waals surface area contributed by atoms with Gasteiger partial charge in [-0.3, -0.25) is 10.2 Å². The summed E-state index contributed by atoms with van der Waals surface area (Å²) in [6.07, 6.45) is 0. The van der Waals surface area contributed by atoms with Crippen molar-refractivity contribution in [3.05, 3.63) is 12.3 Å². The monoisotopic (exact) mass is 102 g/mol. The molecule has 0 rings (SSSR count). The molecule has 0 aromatic heterocycles. The zero-order chi connectivity index (χ0) is 5.86. The van der Waals surface area contributed by atoms with Crippen LogP contribution in [0.25, 0.3) is 0 Å². The van der Waals surface area contributed by atoms with Crippen LogP contribution in [-0.2, 0) is 4.79 Å². The maximum atomic E-state index is 9.93. The van der Waals surface area contributed by atoms with E-state index in [1.807, 2.05) is 0 Å². The molecule has 4 N–H and O–H groups in total. The first-order valence-electron chi connectivity index (χ1n) is 1.57. The molecular formula is C3H6N2O2. The molecule has 0 heterocycles. The van der Waals surface area contributed by atoms with E-state index in [1.54, 1.807) is 5.43 Å². The van der Waals surface area contributed by atoms with Gasteiger partial charge in [-0.2, -0.15) is 0 Å². The molecule has 0 aromatic rings. The van der Waals surface area contributed by atoms with E-state index in [1.165, 1.54) is 0 Å². The van der Waals surface area contributed by atoms with Gasteiger partial charge in [0.05, 0.1) is 0 Å².